The van der Waals surface area contributed by atoms with Gasteiger partial charge in [0.1, 0.15) is 5.82 Å². The summed E-state index contributed by atoms with van der Waals surface area (Å²) in [5.41, 5.74) is 4.99. The SMILES string of the molecule is O=C(Nc1cccc(Nc2ccncc2)c1)c1cccc(Nc2ccnc3ccc(F)cc23)c1. The molecule has 0 fully saturated rings. The fourth-order valence-corrected chi connectivity index (χ4v) is 3.60. The molecule has 0 aliphatic rings. The van der Waals surface area contributed by atoms with Crippen LogP contribution in [0.5, 0.6) is 0 Å². The smallest absolute Gasteiger partial charge is 0.255 e. The summed E-state index contributed by atoms with van der Waals surface area (Å²) in [5, 5.41) is 10.1. The molecule has 0 saturated carbocycles. The molecule has 0 unspecified atom stereocenters. The second-order valence-electron chi connectivity index (χ2n) is 7.62. The molecule has 1 amide bonds. The van der Waals surface area contributed by atoms with E-state index < -0.39 is 0 Å². The number of hydrogen-bond donors (Lipinski definition) is 3. The van der Waals surface area contributed by atoms with Crippen molar-refractivity contribution in [2.75, 3.05) is 16.0 Å². The summed E-state index contributed by atoms with van der Waals surface area (Å²) in [5.74, 6) is -0.576. The summed E-state index contributed by atoms with van der Waals surface area (Å²) >= 11 is 0. The number of fused-ring (bicyclic) bond motifs is 1. The van der Waals surface area contributed by atoms with Crippen LogP contribution in [-0.4, -0.2) is 15.9 Å². The van der Waals surface area contributed by atoms with Gasteiger partial charge < -0.3 is 16.0 Å². The maximum absolute atomic E-state index is 13.8. The van der Waals surface area contributed by atoms with Crippen LogP contribution >= 0.6 is 0 Å². The number of nitrogens with zero attached hydrogens (tertiary/aromatic N) is 2. The zero-order chi connectivity index (χ0) is 23.3. The van der Waals surface area contributed by atoms with Gasteiger partial charge in [0.2, 0.25) is 0 Å². The summed E-state index contributed by atoms with van der Waals surface area (Å²) in [7, 11) is 0. The second-order valence-corrected chi connectivity index (χ2v) is 7.62. The molecule has 0 spiro atoms. The number of carbonyl (C=O) groups is 1. The van der Waals surface area contributed by atoms with E-state index in [0.717, 1.165) is 11.4 Å². The molecule has 0 aliphatic heterocycles. The van der Waals surface area contributed by atoms with E-state index in [1.807, 2.05) is 42.5 Å². The van der Waals surface area contributed by atoms with Crippen molar-refractivity contribution in [2.24, 2.45) is 0 Å². The Morgan fingerprint density at radius 2 is 1.47 bits per heavy atom. The molecule has 2 heterocycles. The first kappa shape index (κ1) is 21.1. The highest BCUT2D eigenvalue weighted by molar-refractivity contribution is 6.05. The molecular weight excluding hydrogens is 429 g/mol. The van der Waals surface area contributed by atoms with Gasteiger partial charge in [-0.1, -0.05) is 12.1 Å². The van der Waals surface area contributed by atoms with Crippen molar-refractivity contribution in [1.29, 1.82) is 0 Å². The maximum atomic E-state index is 13.8. The van der Waals surface area contributed by atoms with Crippen LogP contribution in [0.2, 0.25) is 0 Å². The Kier molecular flexibility index (Phi) is 5.82. The van der Waals surface area contributed by atoms with E-state index in [2.05, 4.69) is 25.9 Å². The van der Waals surface area contributed by atoms with E-state index in [-0.39, 0.29) is 11.7 Å². The molecule has 7 heteroatoms. The van der Waals surface area contributed by atoms with Gasteiger partial charge in [-0.2, -0.15) is 0 Å². The molecule has 0 saturated heterocycles. The predicted molar refractivity (Wildman–Crippen MR) is 133 cm³/mol. The average molecular weight is 449 g/mol. The predicted octanol–water partition coefficient (Wildman–Crippen LogP) is 6.51. The van der Waals surface area contributed by atoms with Crippen LogP contribution in [0.4, 0.5) is 32.8 Å². The van der Waals surface area contributed by atoms with Gasteiger partial charge >= 0.3 is 0 Å². The zero-order valence-electron chi connectivity index (χ0n) is 18.0. The fourth-order valence-electron chi connectivity index (χ4n) is 3.60. The van der Waals surface area contributed by atoms with Crippen LogP contribution in [0.1, 0.15) is 10.4 Å². The van der Waals surface area contributed by atoms with Gasteiger partial charge in [-0.15, -0.1) is 0 Å². The van der Waals surface area contributed by atoms with Gasteiger partial charge in [-0.05, 0) is 72.8 Å². The van der Waals surface area contributed by atoms with E-state index in [1.165, 1.54) is 12.1 Å². The van der Waals surface area contributed by atoms with Crippen molar-refractivity contribution in [3.05, 3.63) is 115 Å². The molecule has 6 nitrogen and oxygen atoms in total. The van der Waals surface area contributed by atoms with Gasteiger partial charge in [-0.3, -0.25) is 14.8 Å². The molecule has 0 atom stereocenters. The number of nitrogens with one attached hydrogen (secondary N) is 3. The van der Waals surface area contributed by atoms with Crippen LogP contribution in [-0.2, 0) is 0 Å². The lowest BCUT2D eigenvalue weighted by Crippen LogP contribution is -2.12. The number of amides is 1. The number of benzene rings is 3. The highest BCUT2D eigenvalue weighted by Gasteiger charge is 2.09. The lowest BCUT2D eigenvalue weighted by atomic mass is 10.1. The van der Waals surface area contributed by atoms with Crippen LogP contribution < -0.4 is 16.0 Å². The Labute approximate surface area is 195 Å². The van der Waals surface area contributed by atoms with Gasteiger partial charge in [0.05, 0.1) is 5.52 Å². The number of rotatable bonds is 6. The molecule has 166 valence electrons. The minimum atomic E-state index is -0.336. The summed E-state index contributed by atoms with van der Waals surface area (Å²) < 4.78 is 13.8. The molecule has 3 N–H and O–H groups in total. The third-order valence-corrected chi connectivity index (χ3v) is 5.20. The minimum absolute atomic E-state index is 0.240. The van der Waals surface area contributed by atoms with Crippen LogP contribution in [0.3, 0.4) is 0 Å². The van der Waals surface area contributed by atoms with Crippen LogP contribution in [0, 0.1) is 5.82 Å². The van der Waals surface area contributed by atoms with Crippen molar-refractivity contribution in [2.45, 2.75) is 0 Å². The lowest BCUT2D eigenvalue weighted by Gasteiger charge is -2.12. The van der Waals surface area contributed by atoms with Crippen molar-refractivity contribution < 1.29 is 9.18 Å². The molecule has 0 radical (unpaired) electrons. The third kappa shape index (κ3) is 4.83. The molecule has 0 bridgehead atoms. The molecule has 3 aromatic carbocycles. The largest absolute Gasteiger partial charge is 0.355 e. The Bertz CT molecular complexity index is 1470. The van der Waals surface area contributed by atoms with Gasteiger partial charge in [-0.25, -0.2) is 4.39 Å². The van der Waals surface area contributed by atoms with Crippen LogP contribution in [0.15, 0.2) is 104 Å². The topological polar surface area (TPSA) is 78.9 Å². The fraction of sp³-hybridized carbons (Fsp3) is 0. The van der Waals surface area contributed by atoms with Crippen molar-refractivity contribution in [3.63, 3.8) is 0 Å². The zero-order valence-corrected chi connectivity index (χ0v) is 18.0. The normalized spacial score (nSPS) is 10.6. The molecule has 5 rings (SSSR count). The van der Waals surface area contributed by atoms with Gasteiger partial charge in [0.25, 0.3) is 5.91 Å². The van der Waals surface area contributed by atoms with Gasteiger partial charge in [0, 0.05) is 58.0 Å². The van der Waals surface area contributed by atoms with Crippen molar-refractivity contribution in [3.8, 4) is 0 Å². The molecule has 5 aromatic rings. The number of carbonyl (C=O) groups excluding carboxylic acids is 1. The number of halogens is 1. The first-order valence-corrected chi connectivity index (χ1v) is 10.6. The molecule has 2 aromatic heterocycles. The molecular formula is C27H20FN5O. The monoisotopic (exact) mass is 449 g/mol. The molecule has 34 heavy (non-hydrogen) atoms. The Balaban J connectivity index is 1.33. The third-order valence-electron chi connectivity index (χ3n) is 5.20. The standard InChI is InChI=1S/C27H20FN5O/c28-19-7-8-25-24(16-19)26(11-14-30-25)32-21-4-1-3-18(15-21)27(34)33-23-6-2-5-22(17-23)31-20-9-12-29-13-10-20/h1-17H,(H,29,31)(H,30,32)(H,33,34). The van der Waals surface area contributed by atoms with E-state index in [0.29, 0.717) is 33.5 Å². The quantitative estimate of drug-likeness (QED) is 0.275. The van der Waals surface area contributed by atoms with Gasteiger partial charge in [0.15, 0.2) is 0 Å². The minimum Gasteiger partial charge on any atom is -0.355 e. The molecule has 0 aliphatic carbocycles. The lowest BCUT2D eigenvalue weighted by molar-refractivity contribution is 0.102. The summed E-state index contributed by atoms with van der Waals surface area (Å²) in [6.07, 6.45) is 5.08. The Morgan fingerprint density at radius 3 is 2.32 bits per heavy atom. The second kappa shape index (κ2) is 9.38. The Morgan fingerprint density at radius 1 is 0.706 bits per heavy atom. The first-order valence-electron chi connectivity index (χ1n) is 10.6. The number of aromatic nitrogens is 2. The summed E-state index contributed by atoms with van der Waals surface area (Å²) in [6.45, 7) is 0. The van der Waals surface area contributed by atoms with E-state index in [9.17, 15) is 9.18 Å². The van der Waals surface area contributed by atoms with Crippen molar-refractivity contribution >= 4 is 45.2 Å². The Hall–Kier alpha value is -4.78. The van der Waals surface area contributed by atoms with E-state index in [4.69, 9.17) is 0 Å². The number of hydrogen-bond acceptors (Lipinski definition) is 5. The number of pyridine rings is 2. The highest BCUT2D eigenvalue weighted by Crippen LogP contribution is 2.26. The maximum Gasteiger partial charge on any atom is 0.255 e. The van der Waals surface area contributed by atoms with Crippen molar-refractivity contribution in [1.82, 2.24) is 9.97 Å². The van der Waals surface area contributed by atoms with Crippen LogP contribution in [0.25, 0.3) is 10.9 Å². The van der Waals surface area contributed by atoms with E-state index in [1.54, 1.807) is 48.9 Å². The van der Waals surface area contributed by atoms with E-state index >= 15 is 0 Å². The highest BCUT2D eigenvalue weighted by atomic mass is 19.1. The summed E-state index contributed by atoms with van der Waals surface area (Å²) in [4.78, 5) is 21.2. The summed E-state index contributed by atoms with van der Waals surface area (Å²) in [6, 6.07) is 24.6. The number of anilines is 5. The first-order chi connectivity index (χ1) is 16.6. The average Bonchev–Trinajstić information content (AvgIpc) is 2.85.